The lowest BCUT2D eigenvalue weighted by atomic mass is 9.84. The van der Waals surface area contributed by atoms with E-state index in [4.69, 9.17) is 22.0 Å². The number of halogens is 1. The van der Waals surface area contributed by atoms with Gasteiger partial charge in [-0.3, -0.25) is 4.79 Å². The maximum Gasteiger partial charge on any atom is 0.305 e. The molecule has 0 amide bonds. The Hall–Kier alpha value is -1.73. The van der Waals surface area contributed by atoms with Crippen LogP contribution in [0.3, 0.4) is 0 Å². The van der Waals surface area contributed by atoms with E-state index >= 15 is 0 Å². The Bertz CT molecular complexity index is 515. The van der Waals surface area contributed by atoms with E-state index in [0.29, 0.717) is 16.3 Å². The molecule has 1 aromatic rings. The third-order valence-corrected chi connectivity index (χ3v) is 3.09. The molecule has 5 heteroatoms. The van der Waals surface area contributed by atoms with Crippen molar-refractivity contribution >= 4 is 23.3 Å². The Morgan fingerprint density at radius 2 is 2.16 bits per heavy atom. The maximum absolute atomic E-state index is 10.9. The van der Waals surface area contributed by atoms with Gasteiger partial charge in [-0.15, -0.1) is 0 Å². The predicted octanol–water partition coefficient (Wildman–Crippen LogP) is 3.51. The monoisotopic (exact) mass is 280 g/mol. The number of carbonyl (C=O) groups is 1. The van der Waals surface area contributed by atoms with Crippen molar-refractivity contribution in [2.75, 3.05) is 5.32 Å². The zero-order chi connectivity index (χ0) is 14.6. The van der Waals surface area contributed by atoms with Crippen molar-refractivity contribution in [3.8, 4) is 6.07 Å². The van der Waals surface area contributed by atoms with Crippen molar-refractivity contribution < 1.29 is 9.90 Å². The summed E-state index contributed by atoms with van der Waals surface area (Å²) in [7, 11) is 0. The van der Waals surface area contributed by atoms with Crippen LogP contribution >= 0.6 is 11.6 Å². The van der Waals surface area contributed by atoms with Gasteiger partial charge in [-0.2, -0.15) is 5.26 Å². The summed E-state index contributed by atoms with van der Waals surface area (Å²) in [5.41, 5.74) is 0.758. The number of nitrogens with zero attached hydrogens (tertiary/aromatic N) is 1. The molecule has 102 valence electrons. The Morgan fingerprint density at radius 1 is 1.53 bits per heavy atom. The van der Waals surface area contributed by atoms with E-state index < -0.39 is 5.97 Å². The fourth-order valence-electron chi connectivity index (χ4n) is 1.67. The molecule has 2 N–H and O–H groups in total. The molecule has 0 heterocycles. The van der Waals surface area contributed by atoms with Gasteiger partial charge in [0, 0.05) is 11.1 Å². The standard InChI is InChI=1S/C14H17ClN2O2/c1-14(2,3)12(7-13(18)19)17-11-6-10(15)5-4-9(11)8-16/h4-6,12,17H,7H2,1-3H3,(H,18,19). The van der Waals surface area contributed by atoms with Crippen LogP contribution in [0.25, 0.3) is 0 Å². The maximum atomic E-state index is 10.9. The molecular weight excluding hydrogens is 264 g/mol. The van der Waals surface area contributed by atoms with Crippen LogP contribution in [0.2, 0.25) is 5.02 Å². The molecule has 19 heavy (non-hydrogen) atoms. The van der Waals surface area contributed by atoms with Gasteiger partial charge in [0.25, 0.3) is 0 Å². The van der Waals surface area contributed by atoms with Crippen LogP contribution < -0.4 is 5.32 Å². The minimum atomic E-state index is -0.882. The summed E-state index contributed by atoms with van der Waals surface area (Å²) >= 11 is 5.91. The van der Waals surface area contributed by atoms with Crippen molar-refractivity contribution in [1.82, 2.24) is 0 Å². The average molecular weight is 281 g/mol. The van der Waals surface area contributed by atoms with E-state index in [0.717, 1.165) is 0 Å². The number of carboxylic acids is 1. The number of rotatable bonds is 4. The summed E-state index contributed by atoms with van der Waals surface area (Å²) in [6.45, 7) is 5.85. The molecule has 1 rings (SSSR count). The van der Waals surface area contributed by atoms with E-state index in [1.165, 1.54) is 0 Å². The number of benzene rings is 1. The highest BCUT2D eigenvalue weighted by Crippen LogP contribution is 2.28. The molecule has 1 unspecified atom stereocenters. The first-order valence-electron chi connectivity index (χ1n) is 5.92. The molecule has 1 aromatic carbocycles. The number of nitrogens with one attached hydrogen (secondary N) is 1. The lowest BCUT2D eigenvalue weighted by Gasteiger charge is -2.31. The van der Waals surface area contributed by atoms with Crippen molar-refractivity contribution in [2.45, 2.75) is 33.2 Å². The summed E-state index contributed by atoms with van der Waals surface area (Å²) in [6, 6.07) is 6.66. The molecule has 0 saturated heterocycles. The Kier molecular flexibility index (Phi) is 4.79. The minimum absolute atomic E-state index is 0.0269. The Balaban J connectivity index is 3.06. The van der Waals surface area contributed by atoms with Gasteiger partial charge in [-0.25, -0.2) is 0 Å². The molecule has 1 atom stereocenters. The first-order chi connectivity index (χ1) is 8.74. The smallest absolute Gasteiger partial charge is 0.305 e. The zero-order valence-corrected chi connectivity index (χ0v) is 12.0. The fourth-order valence-corrected chi connectivity index (χ4v) is 1.84. The number of nitriles is 1. The van der Waals surface area contributed by atoms with E-state index in [-0.39, 0.29) is 17.9 Å². The van der Waals surface area contributed by atoms with Crippen LogP contribution in [0.4, 0.5) is 5.69 Å². The number of anilines is 1. The topological polar surface area (TPSA) is 73.1 Å². The summed E-state index contributed by atoms with van der Waals surface area (Å²) in [5.74, 6) is -0.882. The van der Waals surface area contributed by atoms with Gasteiger partial charge in [0.15, 0.2) is 0 Å². The van der Waals surface area contributed by atoms with E-state index in [1.807, 2.05) is 20.8 Å². The predicted molar refractivity (Wildman–Crippen MR) is 75.3 cm³/mol. The van der Waals surface area contributed by atoms with Gasteiger partial charge in [-0.05, 0) is 23.6 Å². The molecule has 0 aliphatic carbocycles. The van der Waals surface area contributed by atoms with Gasteiger partial charge in [0.1, 0.15) is 6.07 Å². The summed E-state index contributed by atoms with van der Waals surface area (Å²) in [4.78, 5) is 10.9. The summed E-state index contributed by atoms with van der Waals surface area (Å²) in [5, 5.41) is 21.7. The second kappa shape index (κ2) is 5.94. The number of hydrogen-bond acceptors (Lipinski definition) is 3. The van der Waals surface area contributed by atoms with E-state index in [9.17, 15) is 4.79 Å². The summed E-state index contributed by atoms with van der Waals surface area (Å²) < 4.78 is 0. The SMILES string of the molecule is CC(C)(C)C(CC(=O)O)Nc1cc(Cl)ccc1C#N. The first kappa shape index (κ1) is 15.3. The molecule has 0 saturated carbocycles. The second-order valence-electron chi connectivity index (χ2n) is 5.46. The third kappa shape index (κ3) is 4.46. The normalized spacial score (nSPS) is 12.6. The van der Waals surface area contributed by atoms with Gasteiger partial charge < -0.3 is 10.4 Å². The molecular formula is C14H17ClN2O2. The molecule has 0 fully saturated rings. The second-order valence-corrected chi connectivity index (χ2v) is 5.90. The van der Waals surface area contributed by atoms with Crippen LogP contribution in [-0.2, 0) is 4.79 Å². The van der Waals surface area contributed by atoms with Crippen LogP contribution in [0.1, 0.15) is 32.8 Å². The highest BCUT2D eigenvalue weighted by atomic mass is 35.5. The Morgan fingerprint density at radius 3 is 2.63 bits per heavy atom. The third-order valence-electron chi connectivity index (χ3n) is 2.86. The van der Waals surface area contributed by atoms with Crippen molar-refractivity contribution in [1.29, 1.82) is 5.26 Å². The number of aliphatic carboxylic acids is 1. The van der Waals surface area contributed by atoms with Crippen LogP contribution in [0.5, 0.6) is 0 Å². The molecule has 0 radical (unpaired) electrons. The molecule has 0 bridgehead atoms. The van der Waals surface area contributed by atoms with E-state index in [1.54, 1.807) is 18.2 Å². The molecule has 0 aliphatic heterocycles. The molecule has 0 aromatic heterocycles. The molecule has 0 spiro atoms. The highest BCUT2D eigenvalue weighted by molar-refractivity contribution is 6.30. The van der Waals surface area contributed by atoms with Crippen LogP contribution in [0.15, 0.2) is 18.2 Å². The largest absolute Gasteiger partial charge is 0.481 e. The van der Waals surface area contributed by atoms with Crippen LogP contribution in [-0.4, -0.2) is 17.1 Å². The lowest BCUT2D eigenvalue weighted by Crippen LogP contribution is -2.36. The minimum Gasteiger partial charge on any atom is -0.481 e. The van der Waals surface area contributed by atoms with E-state index in [2.05, 4.69) is 11.4 Å². The fraction of sp³-hybridized carbons (Fsp3) is 0.429. The quantitative estimate of drug-likeness (QED) is 0.885. The van der Waals surface area contributed by atoms with Crippen molar-refractivity contribution in [2.24, 2.45) is 5.41 Å². The van der Waals surface area contributed by atoms with Gasteiger partial charge in [0.2, 0.25) is 0 Å². The number of hydrogen-bond donors (Lipinski definition) is 2. The van der Waals surface area contributed by atoms with Crippen molar-refractivity contribution in [3.63, 3.8) is 0 Å². The van der Waals surface area contributed by atoms with Crippen LogP contribution in [0, 0.1) is 16.7 Å². The number of carboxylic acid groups (broad SMARTS) is 1. The van der Waals surface area contributed by atoms with Gasteiger partial charge in [-0.1, -0.05) is 32.4 Å². The summed E-state index contributed by atoms with van der Waals surface area (Å²) in [6.07, 6.45) is -0.0269. The molecule has 4 nitrogen and oxygen atoms in total. The first-order valence-corrected chi connectivity index (χ1v) is 6.30. The average Bonchev–Trinajstić information content (AvgIpc) is 2.26. The van der Waals surface area contributed by atoms with Crippen molar-refractivity contribution in [3.05, 3.63) is 28.8 Å². The zero-order valence-electron chi connectivity index (χ0n) is 11.2. The molecule has 0 aliphatic rings. The lowest BCUT2D eigenvalue weighted by molar-refractivity contribution is -0.137. The van der Waals surface area contributed by atoms with Gasteiger partial charge >= 0.3 is 5.97 Å². The highest BCUT2D eigenvalue weighted by Gasteiger charge is 2.27. The Labute approximate surface area is 118 Å². The van der Waals surface area contributed by atoms with Gasteiger partial charge in [0.05, 0.1) is 17.7 Å².